The third-order valence-corrected chi connectivity index (χ3v) is 4.23. The Kier molecular flexibility index (Phi) is 17.2. The number of aryl methyl sites for hydroxylation is 2. The summed E-state index contributed by atoms with van der Waals surface area (Å²) < 4.78 is 27.1. The summed E-state index contributed by atoms with van der Waals surface area (Å²) in [5.74, 6) is 0.00328. The minimum Gasteiger partial charge on any atom is -0.387 e. The van der Waals surface area contributed by atoms with Crippen LogP contribution in [0.5, 0.6) is 0 Å². The van der Waals surface area contributed by atoms with Crippen molar-refractivity contribution in [2.24, 2.45) is 4.99 Å². The maximum Gasteiger partial charge on any atom is 0.135 e. The van der Waals surface area contributed by atoms with Crippen molar-refractivity contribution in [3.63, 3.8) is 0 Å². The van der Waals surface area contributed by atoms with Crippen molar-refractivity contribution in [3.8, 4) is 0 Å². The molecule has 0 aliphatic rings. The zero-order chi connectivity index (χ0) is 25.3. The van der Waals surface area contributed by atoms with Crippen LogP contribution in [0.3, 0.4) is 0 Å². The van der Waals surface area contributed by atoms with Gasteiger partial charge in [-0.3, -0.25) is 4.99 Å². The van der Waals surface area contributed by atoms with Crippen LogP contribution in [0.25, 0.3) is 0 Å². The van der Waals surface area contributed by atoms with Crippen LogP contribution < -0.4 is 5.32 Å². The van der Waals surface area contributed by atoms with Crippen LogP contribution in [-0.2, 0) is 4.79 Å². The van der Waals surface area contributed by atoms with Gasteiger partial charge in [0.15, 0.2) is 0 Å². The summed E-state index contributed by atoms with van der Waals surface area (Å²) in [5.41, 5.74) is 3.66. The minimum atomic E-state index is -0.623. The first-order valence-corrected chi connectivity index (χ1v) is 10.4. The van der Waals surface area contributed by atoms with E-state index < -0.39 is 11.6 Å². The highest BCUT2D eigenvalue weighted by Crippen LogP contribution is 2.16. The largest absolute Gasteiger partial charge is 0.387 e. The highest BCUT2D eigenvalue weighted by atomic mass is 35.5. The van der Waals surface area contributed by atoms with Gasteiger partial charge in [0.25, 0.3) is 0 Å². The highest BCUT2D eigenvalue weighted by Gasteiger charge is 2.12. The van der Waals surface area contributed by atoms with E-state index in [9.17, 15) is 8.78 Å². The minimum absolute atomic E-state index is 0.110. The van der Waals surface area contributed by atoms with E-state index >= 15 is 0 Å². The number of nitrogens with one attached hydrogen (secondary N) is 1. The number of allylic oxidation sites excluding steroid dienone is 1. The van der Waals surface area contributed by atoms with Crippen molar-refractivity contribution in [2.75, 3.05) is 7.05 Å². The summed E-state index contributed by atoms with van der Waals surface area (Å²) in [7, 11) is 1.71. The lowest BCUT2D eigenvalue weighted by Gasteiger charge is -2.08. The molecule has 1 N–H and O–H groups in total. The van der Waals surface area contributed by atoms with E-state index in [1.165, 1.54) is 29.7 Å². The number of hydrogen-bond acceptors (Lipinski definition) is 3. The van der Waals surface area contributed by atoms with Crippen molar-refractivity contribution in [3.05, 3.63) is 100 Å². The van der Waals surface area contributed by atoms with Crippen LogP contribution in [0.4, 0.5) is 8.78 Å². The third-order valence-electron chi connectivity index (χ3n) is 3.82. The summed E-state index contributed by atoms with van der Waals surface area (Å²) in [6.45, 7) is 17.8. The molecule has 32 heavy (non-hydrogen) atoms. The van der Waals surface area contributed by atoms with Gasteiger partial charge in [0.2, 0.25) is 0 Å². The number of benzene rings is 2. The first-order valence-electron chi connectivity index (χ1n) is 10.0. The Bertz CT molecular complexity index is 940. The number of carbonyl (C=O) groups excluding carboxylic acids is 1. The predicted octanol–water partition coefficient (Wildman–Crippen LogP) is 7.40. The van der Waals surface area contributed by atoms with E-state index in [4.69, 9.17) is 16.4 Å². The van der Waals surface area contributed by atoms with Gasteiger partial charge < -0.3 is 5.32 Å². The van der Waals surface area contributed by atoms with Gasteiger partial charge in [-0.1, -0.05) is 56.3 Å². The Balaban J connectivity index is 0. The fraction of sp³-hybridized carbons (Fsp3) is 0.269. The fourth-order valence-electron chi connectivity index (χ4n) is 2.21. The van der Waals surface area contributed by atoms with Gasteiger partial charge in [0, 0.05) is 12.1 Å². The second kappa shape index (κ2) is 17.6. The summed E-state index contributed by atoms with van der Waals surface area (Å²) in [6.07, 6.45) is 1.72. The van der Waals surface area contributed by atoms with Crippen LogP contribution in [0.15, 0.2) is 72.0 Å². The molecule has 0 saturated carbocycles. The third kappa shape index (κ3) is 11.4. The number of rotatable bonds is 4. The van der Waals surface area contributed by atoms with Crippen LogP contribution in [0.1, 0.15) is 44.4 Å². The normalized spacial score (nSPS) is 10.2. The van der Waals surface area contributed by atoms with Gasteiger partial charge in [0.05, 0.1) is 22.7 Å². The van der Waals surface area contributed by atoms with Gasteiger partial charge in [-0.25, -0.2) is 13.6 Å². The van der Waals surface area contributed by atoms with Gasteiger partial charge in [0.1, 0.15) is 17.6 Å². The van der Waals surface area contributed by atoms with Crippen LogP contribution in [0, 0.1) is 25.5 Å². The molecule has 2 aromatic rings. The molecule has 2 aromatic carbocycles. The average Bonchev–Trinajstić information content (AvgIpc) is 2.76. The van der Waals surface area contributed by atoms with Gasteiger partial charge >= 0.3 is 0 Å². The molecule has 6 heteroatoms. The zero-order valence-corrected chi connectivity index (χ0v) is 20.7. The molecule has 0 amide bonds. The van der Waals surface area contributed by atoms with Gasteiger partial charge in [-0.05, 0) is 63.6 Å². The number of nitrogens with zero attached hydrogens (tertiary/aromatic N) is 1. The van der Waals surface area contributed by atoms with Crippen molar-refractivity contribution in [2.45, 2.75) is 41.5 Å². The van der Waals surface area contributed by atoms with E-state index in [1.54, 1.807) is 27.0 Å². The second-order valence-electron chi connectivity index (χ2n) is 6.09. The maximum absolute atomic E-state index is 13.6. The molecule has 0 bridgehead atoms. The molecule has 0 saturated heterocycles. The lowest BCUT2D eigenvalue weighted by Crippen LogP contribution is -2.09. The standard InChI is InChI=1S/C14H16F2N2.C8H9Cl.C2H2O.C2H6/c1-5-13(9(2)17-4)18-10(3)14-11(15)7-6-8-12(14)16;1-6-3-4-7(2)8(9)5-6;1-2-3;1-2/h5-8,17H,2H2,1,3-4H3;3-5H,1-2H3;1H2;1-2H3/b13-5-,18-10?;;;. The number of hydrogen-bond donors (Lipinski definition) is 1. The van der Waals surface area contributed by atoms with Crippen molar-refractivity contribution in [1.29, 1.82) is 0 Å². The lowest BCUT2D eigenvalue weighted by atomic mass is 10.1. The first-order chi connectivity index (χ1) is 15.1. The molecular weight excluding hydrogens is 430 g/mol. The highest BCUT2D eigenvalue weighted by molar-refractivity contribution is 6.31. The Labute approximate surface area is 196 Å². The molecule has 0 aliphatic heterocycles. The molecule has 0 radical (unpaired) electrons. The number of halogens is 3. The Hall–Kier alpha value is -3.01. The summed E-state index contributed by atoms with van der Waals surface area (Å²) in [5, 5.41) is 3.70. The van der Waals surface area contributed by atoms with E-state index in [2.05, 4.69) is 29.5 Å². The lowest BCUT2D eigenvalue weighted by molar-refractivity contribution is 0.569. The first kappa shape index (κ1) is 31.2. The zero-order valence-electron chi connectivity index (χ0n) is 19.9. The topological polar surface area (TPSA) is 41.5 Å². The predicted molar refractivity (Wildman–Crippen MR) is 134 cm³/mol. The van der Waals surface area contributed by atoms with Crippen LogP contribution in [0.2, 0.25) is 5.02 Å². The smallest absolute Gasteiger partial charge is 0.135 e. The molecule has 0 fully saturated rings. The number of likely N-dealkylation sites (N-methyl/N-ethyl adjacent to an activating group) is 1. The average molecular weight is 463 g/mol. The van der Waals surface area contributed by atoms with Gasteiger partial charge in [-0.15, -0.1) is 0 Å². The quantitative estimate of drug-likeness (QED) is 0.292. The Morgan fingerprint density at radius 1 is 1.16 bits per heavy atom. The monoisotopic (exact) mass is 462 g/mol. The maximum atomic E-state index is 13.6. The van der Waals surface area contributed by atoms with E-state index in [-0.39, 0.29) is 11.3 Å². The van der Waals surface area contributed by atoms with Crippen molar-refractivity contribution in [1.82, 2.24) is 5.32 Å². The SMILES string of the molecule is C=C(NC)/C(=C/C)N=C(C)c1c(F)cccc1F.C=C=O.CC.Cc1ccc(C)c(Cl)c1. The molecule has 0 unspecified atom stereocenters. The van der Waals surface area contributed by atoms with Gasteiger partial charge in [-0.2, -0.15) is 0 Å². The molecule has 174 valence electrons. The van der Waals surface area contributed by atoms with Crippen LogP contribution >= 0.6 is 11.6 Å². The van der Waals surface area contributed by atoms with Crippen LogP contribution in [-0.4, -0.2) is 18.7 Å². The van der Waals surface area contributed by atoms with Crippen molar-refractivity contribution < 1.29 is 13.6 Å². The molecule has 0 aliphatic carbocycles. The van der Waals surface area contributed by atoms with E-state index in [0.717, 1.165) is 10.6 Å². The molecule has 0 heterocycles. The molecule has 2 rings (SSSR count). The molecule has 3 nitrogen and oxygen atoms in total. The summed E-state index contributed by atoms with van der Waals surface area (Å²) in [6, 6.07) is 9.79. The van der Waals surface area contributed by atoms with E-state index in [1.807, 2.05) is 39.8 Å². The summed E-state index contributed by atoms with van der Waals surface area (Å²) >= 11 is 5.81. The molecule has 0 spiro atoms. The molecule has 0 atom stereocenters. The second-order valence-corrected chi connectivity index (χ2v) is 6.50. The molecule has 0 aromatic heterocycles. The van der Waals surface area contributed by atoms with E-state index in [0.29, 0.717) is 11.4 Å². The molecular formula is C26H33ClF2N2O. The number of aliphatic imine (C=N–C) groups is 1. The fourth-order valence-corrected chi connectivity index (χ4v) is 2.45. The van der Waals surface area contributed by atoms with Crippen molar-refractivity contribution >= 4 is 23.3 Å². The Morgan fingerprint density at radius 3 is 2.03 bits per heavy atom. The Morgan fingerprint density at radius 2 is 1.66 bits per heavy atom. The summed E-state index contributed by atoms with van der Waals surface area (Å²) in [4.78, 5) is 12.8.